The summed E-state index contributed by atoms with van der Waals surface area (Å²) >= 11 is 6.01. The molecule has 1 aliphatic rings. The van der Waals surface area contributed by atoms with Crippen LogP contribution in [0.2, 0.25) is 5.02 Å². The van der Waals surface area contributed by atoms with Crippen LogP contribution in [-0.4, -0.2) is 12.5 Å². The highest BCUT2D eigenvalue weighted by Gasteiger charge is 2.26. The molecule has 0 atom stereocenters. The zero-order chi connectivity index (χ0) is 15.0. The van der Waals surface area contributed by atoms with Gasteiger partial charge in [-0.3, -0.25) is 4.79 Å². The van der Waals surface area contributed by atoms with Crippen molar-refractivity contribution in [2.75, 3.05) is 17.2 Å². The van der Waals surface area contributed by atoms with E-state index in [1.54, 1.807) is 18.2 Å². The predicted molar refractivity (Wildman–Crippen MR) is 87.0 cm³/mol. The molecule has 3 nitrogen and oxygen atoms in total. The quantitative estimate of drug-likeness (QED) is 0.814. The highest BCUT2D eigenvalue weighted by Crippen LogP contribution is 2.32. The fraction of sp³-hybridized carbons (Fsp3) is 0.235. The maximum atomic E-state index is 12.9. The van der Waals surface area contributed by atoms with E-state index >= 15 is 0 Å². The van der Waals surface area contributed by atoms with Gasteiger partial charge in [-0.2, -0.15) is 0 Å². The molecule has 0 unspecified atom stereocenters. The molecule has 4 heteroatoms. The minimum Gasteiger partial charge on any atom is -0.398 e. The van der Waals surface area contributed by atoms with Crippen LogP contribution >= 0.6 is 11.6 Å². The minimum atomic E-state index is -0.0785. The number of fused-ring (bicyclic) bond motifs is 1. The molecule has 21 heavy (non-hydrogen) atoms. The van der Waals surface area contributed by atoms with Crippen molar-refractivity contribution in [3.8, 4) is 0 Å². The number of nitrogens with zero attached hydrogens (tertiary/aromatic N) is 1. The van der Waals surface area contributed by atoms with Gasteiger partial charge in [0.15, 0.2) is 0 Å². The number of hydrogen-bond donors (Lipinski definition) is 1. The van der Waals surface area contributed by atoms with E-state index in [1.807, 2.05) is 24.0 Å². The maximum Gasteiger partial charge on any atom is 0.260 e. The Morgan fingerprint density at radius 2 is 2.10 bits per heavy atom. The van der Waals surface area contributed by atoms with Crippen LogP contribution in [0.15, 0.2) is 36.4 Å². The summed E-state index contributed by atoms with van der Waals surface area (Å²) in [5, 5.41) is 0.523. The first-order chi connectivity index (χ1) is 10.1. The van der Waals surface area contributed by atoms with Gasteiger partial charge >= 0.3 is 0 Å². The number of hydrogen-bond acceptors (Lipinski definition) is 2. The Labute approximate surface area is 129 Å². The first-order valence-corrected chi connectivity index (χ1v) is 7.41. The second-order valence-corrected chi connectivity index (χ2v) is 5.81. The third-order valence-corrected chi connectivity index (χ3v) is 4.15. The molecule has 0 saturated heterocycles. The van der Waals surface area contributed by atoms with Crippen molar-refractivity contribution in [2.24, 2.45) is 0 Å². The van der Waals surface area contributed by atoms with E-state index in [4.69, 9.17) is 17.3 Å². The summed E-state index contributed by atoms with van der Waals surface area (Å²) in [6.07, 6.45) is 1.97. The van der Waals surface area contributed by atoms with Gasteiger partial charge in [-0.15, -0.1) is 0 Å². The first-order valence-electron chi connectivity index (χ1n) is 7.03. The van der Waals surface area contributed by atoms with Crippen molar-refractivity contribution in [2.45, 2.75) is 19.8 Å². The third-order valence-electron chi connectivity index (χ3n) is 3.91. The molecule has 2 N–H and O–H groups in total. The van der Waals surface area contributed by atoms with Crippen LogP contribution in [0.3, 0.4) is 0 Å². The summed E-state index contributed by atoms with van der Waals surface area (Å²) < 4.78 is 0. The number of nitrogens with two attached hydrogens (primary N) is 1. The van der Waals surface area contributed by atoms with Crippen LogP contribution in [0.4, 0.5) is 11.4 Å². The lowest BCUT2D eigenvalue weighted by molar-refractivity contribution is 0.0986. The van der Waals surface area contributed by atoms with Gasteiger partial charge in [-0.05, 0) is 49.1 Å². The number of amides is 1. The van der Waals surface area contributed by atoms with E-state index < -0.39 is 0 Å². The van der Waals surface area contributed by atoms with Crippen LogP contribution in [-0.2, 0) is 6.42 Å². The molecule has 2 aromatic carbocycles. The molecule has 3 rings (SSSR count). The number of nitrogen functional groups attached to an aromatic ring is 1. The van der Waals surface area contributed by atoms with Gasteiger partial charge in [0.25, 0.3) is 5.91 Å². The number of anilines is 2. The molecule has 2 aromatic rings. The van der Waals surface area contributed by atoms with Gasteiger partial charge in [-0.1, -0.05) is 29.8 Å². The van der Waals surface area contributed by atoms with Gasteiger partial charge in [-0.25, -0.2) is 0 Å². The number of carbonyl (C=O) groups is 1. The molecule has 1 aliphatic heterocycles. The molecule has 1 heterocycles. The summed E-state index contributed by atoms with van der Waals surface area (Å²) in [6.45, 7) is 2.74. The van der Waals surface area contributed by atoms with Crippen molar-refractivity contribution in [3.63, 3.8) is 0 Å². The molecule has 0 bridgehead atoms. The summed E-state index contributed by atoms with van der Waals surface area (Å²) in [7, 11) is 0. The topological polar surface area (TPSA) is 46.3 Å². The predicted octanol–water partition coefficient (Wildman–Crippen LogP) is 3.82. The summed E-state index contributed by atoms with van der Waals surface area (Å²) in [6, 6.07) is 11.2. The highest BCUT2D eigenvalue weighted by molar-refractivity contribution is 6.31. The largest absolute Gasteiger partial charge is 0.398 e. The second kappa shape index (κ2) is 5.41. The Bertz CT molecular complexity index is 712. The van der Waals surface area contributed by atoms with Crippen LogP contribution in [0.5, 0.6) is 0 Å². The van der Waals surface area contributed by atoms with E-state index in [0.29, 0.717) is 22.8 Å². The van der Waals surface area contributed by atoms with Gasteiger partial charge in [0, 0.05) is 17.3 Å². The van der Waals surface area contributed by atoms with E-state index in [1.165, 1.54) is 5.56 Å². The van der Waals surface area contributed by atoms with Crippen LogP contribution in [0.1, 0.15) is 27.9 Å². The zero-order valence-electron chi connectivity index (χ0n) is 11.9. The average molecular weight is 301 g/mol. The SMILES string of the molecule is Cc1cccc2c1N(C(=O)c1cc(Cl)ccc1N)CCC2. The number of aryl methyl sites for hydroxylation is 2. The lowest BCUT2D eigenvalue weighted by Gasteiger charge is -2.31. The Morgan fingerprint density at radius 1 is 1.29 bits per heavy atom. The van der Waals surface area contributed by atoms with Crippen molar-refractivity contribution in [1.82, 2.24) is 0 Å². The first kappa shape index (κ1) is 14.0. The van der Waals surface area contributed by atoms with E-state index in [0.717, 1.165) is 24.1 Å². The number of para-hydroxylation sites is 1. The Balaban J connectivity index is 2.06. The second-order valence-electron chi connectivity index (χ2n) is 5.37. The Hall–Kier alpha value is -2.00. The summed E-state index contributed by atoms with van der Waals surface area (Å²) in [4.78, 5) is 14.7. The molecule has 1 amide bonds. The highest BCUT2D eigenvalue weighted by atomic mass is 35.5. The van der Waals surface area contributed by atoms with Gasteiger partial charge in [0.05, 0.1) is 11.3 Å². The molecule has 0 radical (unpaired) electrons. The zero-order valence-corrected chi connectivity index (χ0v) is 12.7. The van der Waals surface area contributed by atoms with Gasteiger partial charge in [0.1, 0.15) is 0 Å². The van der Waals surface area contributed by atoms with E-state index in [9.17, 15) is 4.79 Å². The molecular weight excluding hydrogens is 284 g/mol. The minimum absolute atomic E-state index is 0.0785. The fourth-order valence-electron chi connectivity index (χ4n) is 2.91. The van der Waals surface area contributed by atoms with Crippen molar-refractivity contribution >= 4 is 28.9 Å². The molecule has 108 valence electrons. The molecule has 0 saturated carbocycles. The summed E-state index contributed by atoms with van der Waals surface area (Å²) in [5.41, 5.74) is 10.2. The number of carbonyl (C=O) groups excluding carboxylic acids is 1. The van der Waals surface area contributed by atoms with Crippen LogP contribution in [0, 0.1) is 6.92 Å². The normalized spacial score (nSPS) is 13.9. The van der Waals surface area contributed by atoms with Gasteiger partial charge < -0.3 is 10.6 Å². The third kappa shape index (κ3) is 2.49. The molecule has 0 aromatic heterocycles. The van der Waals surface area contributed by atoms with Crippen molar-refractivity contribution < 1.29 is 4.79 Å². The number of halogens is 1. The number of benzene rings is 2. The van der Waals surface area contributed by atoms with Crippen LogP contribution < -0.4 is 10.6 Å². The molecule has 0 fully saturated rings. The number of rotatable bonds is 1. The Morgan fingerprint density at radius 3 is 2.90 bits per heavy atom. The lowest BCUT2D eigenvalue weighted by Crippen LogP contribution is -2.36. The van der Waals surface area contributed by atoms with Crippen molar-refractivity contribution in [3.05, 3.63) is 58.1 Å². The van der Waals surface area contributed by atoms with E-state index in [2.05, 4.69) is 6.07 Å². The Kier molecular flexibility index (Phi) is 3.60. The molecule has 0 aliphatic carbocycles. The van der Waals surface area contributed by atoms with Crippen molar-refractivity contribution in [1.29, 1.82) is 0 Å². The lowest BCUT2D eigenvalue weighted by atomic mass is 9.97. The standard InChI is InChI=1S/C17H17ClN2O/c1-11-4-2-5-12-6-3-9-20(16(11)12)17(21)14-10-13(18)7-8-15(14)19/h2,4-5,7-8,10H,3,6,9,19H2,1H3. The molecule has 0 spiro atoms. The smallest absolute Gasteiger partial charge is 0.260 e. The summed E-state index contributed by atoms with van der Waals surface area (Å²) in [5.74, 6) is -0.0785. The monoisotopic (exact) mass is 300 g/mol. The fourth-order valence-corrected chi connectivity index (χ4v) is 3.08. The van der Waals surface area contributed by atoms with Crippen LogP contribution in [0.25, 0.3) is 0 Å². The van der Waals surface area contributed by atoms with Gasteiger partial charge in [0.2, 0.25) is 0 Å². The molecular formula is C17H17ClN2O. The average Bonchev–Trinajstić information content (AvgIpc) is 2.49. The maximum absolute atomic E-state index is 12.9. The van der Waals surface area contributed by atoms with E-state index in [-0.39, 0.29) is 5.91 Å².